The van der Waals surface area contributed by atoms with Crippen molar-refractivity contribution >= 4 is 17.1 Å². The minimum atomic E-state index is 0.133. The highest BCUT2D eigenvalue weighted by atomic mass is 14.9. The van der Waals surface area contributed by atoms with Crippen LogP contribution in [-0.2, 0) is 5.41 Å². The number of nitrogens with two attached hydrogens (primary N) is 2. The van der Waals surface area contributed by atoms with Crippen molar-refractivity contribution < 1.29 is 0 Å². The van der Waals surface area contributed by atoms with Gasteiger partial charge in [-0.15, -0.1) is 0 Å². The van der Waals surface area contributed by atoms with Crippen molar-refractivity contribution in [2.24, 2.45) is 0 Å². The second-order valence-electron chi connectivity index (χ2n) is 6.41. The molecule has 0 fully saturated rings. The van der Waals surface area contributed by atoms with E-state index in [0.717, 1.165) is 29.9 Å². The first kappa shape index (κ1) is 16.2. The molecule has 0 aliphatic rings. The van der Waals surface area contributed by atoms with Gasteiger partial charge in [-0.25, -0.2) is 0 Å². The van der Waals surface area contributed by atoms with Gasteiger partial charge < -0.3 is 16.8 Å². The molecule has 118 valence electrons. The smallest absolute Gasteiger partial charge is 0.0343 e. The maximum atomic E-state index is 5.80. The molecule has 2 atom stereocenters. The predicted molar refractivity (Wildman–Crippen MR) is 97.1 cm³/mol. The maximum absolute atomic E-state index is 5.80. The Bertz CT molecular complexity index is 589. The highest BCUT2D eigenvalue weighted by Crippen LogP contribution is 2.33. The van der Waals surface area contributed by atoms with E-state index in [-0.39, 0.29) is 5.41 Å². The number of benzene rings is 2. The molecule has 3 heteroatoms. The van der Waals surface area contributed by atoms with E-state index in [1.165, 1.54) is 5.56 Å². The van der Waals surface area contributed by atoms with E-state index >= 15 is 0 Å². The molecule has 0 bridgehead atoms. The fourth-order valence-electron chi connectivity index (χ4n) is 2.94. The van der Waals surface area contributed by atoms with E-state index in [9.17, 15) is 0 Å². The topological polar surface area (TPSA) is 64.1 Å². The average molecular weight is 297 g/mol. The quantitative estimate of drug-likeness (QED) is 0.692. The van der Waals surface area contributed by atoms with Crippen molar-refractivity contribution in [1.29, 1.82) is 0 Å². The monoisotopic (exact) mass is 297 g/mol. The van der Waals surface area contributed by atoms with Crippen molar-refractivity contribution in [3.8, 4) is 0 Å². The van der Waals surface area contributed by atoms with E-state index in [1.54, 1.807) is 0 Å². The summed E-state index contributed by atoms with van der Waals surface area (Å²) in [7, 11) is 0. The molecular weight excluding hydrogens is 270 g/mol. The predicted octanol–water partition coefficient (Wildman–Crippen LogP) is 4.41. The molecular formula is C19H27N3. The lowest BCUT2D eigenvalue weighted by molar-refractivity contribution is 0.397. The number of nitrogen functional groups attached to an aromatic ring is 2. The molecule has 22 heavy (non-hydrogen) atoms. The summed E-state index contributed by atoms with van der Waals surface area (Å²) in [4.78, 5) is 0. The minimum absolute atomic E-state index is 0.133. The van der Waals surface area contributed by atoms with Crippen LogP contribution in [0, 0.1) is 0 Å². The van der Waals surface area contributed by atoms with E-state index in [1.807, 2.05) is 36.4 Å². The lowest BCUT2D eigenvalue weighted by atomic mass is 9.75. The van der Waals surface area contributed by atoms with Crippen molar-refractivity contribution in [3.05, 3.63) is 54.1 Å². The molecule has 5 N–H and O–H groups in total. The van der Waals surface area contributed by atoms with Gasteiger partial charge in [0.05, 0.1) is 0 Å². The van der Waals surface area contributed by atoms with Gasteiger partial charge in [-0.05, 0) is 67.1 Å². The normalized spacial score (nSPS) is 15.0. The molecule has 0 amide bonds. The molecule has 0 aliphatic carbocycles. The number of anilines is 3. The van der Waals surface area contributed by atoms with E-state index in [4.69, 9.17) is 11.5 Å². The number of rotatable bonds is 6. The first-order valence-electron chi connectivity index (χ1n) is 7.91. The zero-order valence-corrected chi connectivity index (χ0v) is 13.8. The summed E-state index contributed by atoms with van der Waals surface area (Å²) in [6, 6.07) is 16.5. The third-order valence-corrected chi connectivity index (χ3v) is 4.47. The summed E-state index contributed by atoms with van der Waals surface area (Å²) in [5, 5.41) is 3.56. The molecule has 0 saturated heterocycles. The SMILES string of the molecule is CCC(C)(CC(C)Nc1ccc(N)cc1)c1ccc(N)cc1. The summed E-state index contributed by atoms with van der Waals surface area (Å²) in [5.41, 5.74) is 15.7. The van der Waals surface area contributed by atoms with Crippen molar-refractivity contribution in [3.63, 3.8) is 0 Å². The molecule has 3 nitrogen and oxygen atoms in total. The highest BCUT2D eigenvalue weighted by molar-refractivity contribution is 5.51. The van der Waals surface area contributed by atoms with Crippen LogP contribution in [-0.4, -0.2) is 6.04 Å². The van der Waals surface area contributed by atoms with Crippen LogP contribution in [0.25, 0.3) is 0 Å². The van der Waals surface area contributed by atoms with Crippen LogP contribution in [0.2, 0.25) is 0 Å². The first-order valence-corrected chi connectivity index (χ1v) is 7.91. The average Bonchev–Trinajstić information content (AvgIpc) is 2.50. The van der Waals surface area contributed by atoms with Crippen LogP contribution >= 0.6 is 0 Å². The Kier molecular flexibility index (Phi) is 4.96. The van der Waals surface area contributed by atoms with E-state index in [0.29, 0.717) is 6.04 Å². The molecule has 0 radical (unpaired) electrons. The van der Waals surface area contributed by atoms with Gasteiger partial charge in [0, 0.05) is 23.1 Å². The molecule has 0 heterocycles. The fourth-order valence-corrected chi connectivity index (χ4v) is 2.94. The van der Waals surface area contributed by atoms with Crippen molar-refractivity contribution in [2.75, 3.05) is 16.8 Å². The maximum Gasteiger partial charge on any atom is 0.0343 e. The van der Waals surface area contributed by atoms with Gasteiger partial charge in [-0.2, -0.15) is 0 Å². The summed E-state index contributed by atoms with van der Waals surface area (Å²) in [5.74, 6) is 0. The van der Waals surface area contributed by atoms with Gasteiger partial charge in [0.1, 0.15) is 0 Å². The van der Waals surface area contributed by atoms with Crippen molar-refractivity contribution in [1.82, 2.24) is 0 Å². The Balaban J connectivity index is 2.08. The summed E-state index contributed by atoms with van der Waals surface area (Å²) >= 11 is 0. The van der Waals surface area contributed by atoms with Crippen LogP contribution in [0.15, 0.2) is 48.5 Å². The fraction of sp³-hybridized carbons (Fsp3) is 0.368. The second-order valence-corrected chi connectivity index (χ2v) is 6.41. The van der Waals surface area contributed by atoms with Gasteiger partial charge in [0.25, 0.3) is 0 Å². The Morgan fingerprint density at radius 3 is 1.95 bits per heavy atom. The van der Waals surface area contributed by atoms with Crippen LogP contribution in [0.3, 0.4) is 0 Å². The summed E-state index contributed by atoms with van der Waals surface area (Å²) in [6.07, 6.45) is 2.14. The van der Waals surface area contributed by atoms with Gasteiger partial charge in [0.2, 0.25) is 0 Å². The third-order valence-electron chi connectivity index (χ3n) is 4.47. The first-order chi connectivity index (χ1) is 10.4. The molecule has 2 unspecified atom stereocenters. The van der Waals surface area contributed by atoms with Crippen LogP contribution < -0.4 is 16.8 Å². The third kappa shape index (κ3) is 3.94. The Labute approximate surface area is 133 Å². The molecule has 2 rings (SSSR count). The number of hydrogen-bond donors (Lipinski definition) is 3. The molecule has 2 aromatic carbocycles. The van der Waals surface area contributed by atoms with Crippen LogP contribution in [0.4, 0.5) is 17.1 Å². The molecule has 0 aromatic heterocycles. The summed E-state index contributed by atoms with van der Waals surface area (Å²) < 4.78 is 0. The van der Waals surface area contributed by atoms with Gasteiger partial charge in [-0.1, -0.05) is 26.0 Å². The largest absolute Gasteiger partial charge is 0.399 e. The molecule has 0 spiro atoms. The molecule has 2 aromatic rings. The van der Waals surface area contributed by atoms with Crippen molar-refractivity contribution in [2.45, 2.75) is 45.1 Å². The zero-order chi connectivity index (χ0) is 16.2. The van der Waals surface area contributed by atoms with Gasteiger partial charge in [-0.3, -0.25) is 0 Å². The second kappa shape index (κ2) is 6.73. The Morgan fingerprint density at radius 2 is 1.45 bits per heavy atom. The van der Waals surface area contributed by atoms with Crippen LogP contribution in [0.5, 0.6) is 0 Å². The molecule has 0 saturated carbocycles. The minimum Gasteiger partial charge on any atom is -0.399 e. The Hall–Kier alpha value is -2.16. The Morgan fingerprint density at radius 1 is 0.955 bits per heavy atom. The van der Waals surface area contributed by atoms with Gasteiger partial charge in [0.15, 0.2) is 0 Å². The lowest BCUT2D eigenvalue weighted by Gasteiger charge is -2.32. The van der Waals surface area contributed by atoms with E-state index < -0.39 is 0 Å². The van der Waals surface area contributed by atoms with E-state index in [2.05, 4.69) is 38.2 Å². The lowest BCUT2D eigenvalue weighted by Crippen LogP contribution is -2.30. The number of nitrogens with one attached hydrogen (secondary N) is 1. The summed E-state index contributed by atoms with van der Waals surface area (Å²) in [6.45, 7) is 6.79. The zero-order valence-electron chi connectivity index (χ0n) is 13.8. The van der Waals surface area contributed by atoms with Crippen LogP contribution in [0.1, 0.15) is 39.2 Å². The highest BCUT2D eigenvalue weighted by Gasteiger charge is 2.26. The van der Waals surface area contributed by atoms with Gasteiger partial charge >= 0.3 is 0 Å². The number of hydrogen-bond acceptors (Lipinski definition) is 3. The molecule has 0 aliphatic heterocycles. The standard InChI is InChI=1S/C19H27N3/c1-4-19(3,15-5-7-16(20)8-6-15)13-14(2)22-18-11-9-17(21)10-12-18/h5-12,14,22H,4,13,20-21H2,1-3H3.